The number of rotatable bonds is 5. The van der Waals surface area contributed by atoms with Crippen LogP contribution in [0, 0.1) is 6.92 Å². The maximum Gasteiger partial charge on any atom is 0.271 e. The lowest BCUT2D eigenvalue weighted by Crippen LogP contribution is -2.37. The molecule has 1 atom stereocenters. The van der Waals surface area contributed by atoms with Gasteiger partial charge in [0.1, 0.15) is 5.03 Å². The normalized spacial score (nSPS) is 15.8. The van der Waals surface area contributed by atoms with Gasteiger partial charge in [-0.1, -0.05) is 42.3 Å². The van der Waals surface area contributed by atoms with Gasteiger partial charge < -0.3 is 5.32 Å². The molecule has 1 N–H and O–H groups in total. The predicted octanol–water partition coefficient (Wildman–Crippen LogP) is 3.73. The summed E-state index contributed by atoms with van der Waals surface area (Å²) in [4.78, 5) is 24.5. The monoisotopic (exact) mass is 391 g/mol. The third-order valence-electron chi connectivity index (χ3n) is 4.54. The molecule has 0 radical (unpaired) electrons. The topological polar surface area (TPSA) is 64.0 Å². The molecule has 1 saturated carbocycles. The van der Waals surface area contributed by atoms with E-state index in [9.17, 15) is 9.59 Å². The molecular weight excluding hydrogens is 370 g/mol. The predicted molar refractivity (Wildman–Crippen MR) is 105 cm³/mol. The van der Waals surface area contributed by atoms with Crippen molar-refractivity contribution < 1.29 is 4.79 Å². The first kappa shape index (κ1) is 19.0. The van der Waals surface area contributed by atoms with Crippen LogP contribution in [0.3, 0.4) is 0 Å². The van der Waals surface area contributed by atoms with E-state index in [1.54, 1.807) is 18.2 Å². The maximum atomic E-state index is 12.4. The molecule has 3 rings (SSSR count). The van der Waals surface area contributed by atoms with E-state index in [1.165, 1.54) is 35.4 Å². The van der Waals surface area contributed by atoms with Crippen LogP contribution >= 0.6 is 23.4 Å². The fraction of sp³-hybridized carbons (Fsp3) is 0.421. The van der Waals surface area contributed by atoms with Gasteiger partial charge >= 0.3 is 0 Å². The lowest BCUT2D eigenvalue weighted by atomic mass is 10.2. The Morgan fingerprint density at radius 2 is 2.04 bits per heavy atom. The number of aromatic nitrogens is 2. The third-order valence-corrected chi connectivity index (χ3v) is 5.98. The van der Waals surface area contributed by atoms with Crippen molar-refractivity contribution in [3.8, 4) is 5.69 Å². The number of hydrogen-bond donors (Lipinski definition) is 1. The van der Waals surface area contributed by atoms with Gasteiger partial charge in [-0.3, -0.25) is 9.59 Å². The number of hydrogen-bond acceptors (Lipinski definition) is 4. The van der Waals surface area contributed by atoms with E-state index < -0.39 is 0 Å². The molecule has 26 heavy (non-hydrogen) atoms. The molecule has 7 heteroatoms. The zero-order valence-electron chi connectivity index (χ0n) is 14.9. The molecule has 0 bridgehead atoms. The zero-order chi connectivity index (χ0) is 18.7. The standard InChI is InChI=1S/C19H22ClN3O2S/c1-12-7-8-15(11-16(12)20)23-18(24)10-9-17(22-23)26-13(2)19(25)21-14-5-3-4-6-14/h7-11,13-14H,3-6H2,1-2H3,(H,21,25)/t13-/m1/s1. The van der Waals surface area contributed by atoms with Crippen molar-refractivity contribution in [1.82, 2.24) is 15.1 Å². The Hall–Kier alpha value is -1.79. The zero-order valence-corrected chi connectivity index (χ0v) is 16.4. The van der Waals surface area contributed by atoms with Gasteiger partial charge in [-0.25, -0.2) is 0 Å². The minimum absolute atomic E-state index is 0.0137. The summed E-state index contributed by atoms with van der Waals surface area (Å²) in [5.41, 5.74) is 1.31. The smallest absolute Gasteiger partial charge is 0.271 e. The summed E-state index contributed by atoms with van der Waals surface area (Å²) in [5.74, 6) is 0.0137. The molecule has 1 amide bonds. The number of carbonyl (C=O) groups excluding carboxylic acids is 1. The quantitative estimate of drug-likeness (QED) is 0.788. The van der Waals surface area contributed by atoms with E-state index in [1.807, 2.05) is 19.9 Å². The van der Waals surface area contributed by atoms with Crippen molar-refractivity contribution in [2.75, 3.05) is 0 Å². The first-order valence-electron chi connectivity index (χ1n) is 8.78. The van der Waals surface area contributed by atoms with E-state index >= 15 is 0 Å². The molecule has 1 aliphatic rings. The molecule has 0 saturated heterocycles. The van der Waals surface area contributed by atoms with Gasteiger partial charge in [-0.2, -0.15) is 9.78 Å². The highest BCUT2D eigenvalue weighted by Gasteiger charge is 2.21. The average Bonchev–Trinajstić information content (AvgIpc) is 3.12. The molecule has 1 fully saturated rings. The molecule has 138 valence electrons. The lowest BCUT2D eigenvalue weighted by molar-refractivity contribution is -0.120. The minimum atomic E-state index is -0.282. The average molecular weight is 392 g/mol. The molecule has 0 aliphatic heterocycles. The Labute approximate surface area is 162 Å². The van der Waals surface area contributed by atoms with E-state index in [2.05, 4.69) is 10.4 Å². The second kappa shape index (κ2) is 8.27. The van der Waals surface area contributed by atoms with Crippen LogP contribution in [-0.2, 0) is 4.79 Å². The molecule has 1 aromatic carbocycles. The van der Waals surface area contributed by atoms with E-state index in [0.29, 0.717) is 21.8 Å². The van der Waals surface area contributed by atoms with Gasteiger partial charge in [0.25, 0.3) is 5.56 Å². The molecule has 1 aromatic heterocycles. The molecular formula is C19H22ClN3O2S. The molecule has 1 heterocycles. The van der Waals surface area contributed by atoms with Crippen LogP contribution in [0.4, 0.5) is 0 Å². The first-order valence-corrected chi connectivity index (χ1v) is 10.0. The van der Waals surface area contributed by atoms with Crippen molar-refractivity contribution in [1.29, 1.82) is 0 Å². The van der Waals surface area contributed by atoms with Crippen molar-refractivity contribution >= 4 is 29.3 Å². The van der Waals surface area contributed by atoms with Crippen LogP contribution in [0.15, 0.2) is 40.2 Å². The fourth-order valence-electron chi connectivity index (χ4n) is 2.98. The molecule has 0 unspecified atom stereocenters. The highest BCUT2D eigenvalue weighted by molar-refractivity contribution is 8.00. The van der Waals surface area contributed by atoms with Crippen molar-refractivity contribution in [2.24, 2.45) is 0 Å². The number of halogens is 1. The van der Waals surface area contributed by atoms with Gasteiger partial charge in [0.15, 0.2) is 0 Å². The first-order chi connectivity index (χ1) is 12.4. The summed E-state index contributed by atoms with van der Waals surface area (Å²) < 4.78 is 1.31. The molecule has 2 aromatic rings. The summed E-state index contributed by atoms with van der Waals surface area (Å²) in [6, 6.07) is 8.78. The second-order valence-corrected chi connectivity index (χ2v) is 8.37. The summed E-state index contributed by atoms with van der Waals surface area (Å²) in [7, 11) is 0. The molecule has 0 spiro atoms. The molecule has 5 nitrogen and oxygen atoms in total. The summed E-state index contributed by atoms with van der Waals surface area (Å²) >= 11 is 7.51. The van der Waals surface area contributed by atoms with Crippen LogP contribution in [0.25, 0.3) is 5.69 Å². The van der Waals surface area contributed by atoms with Gasteiger partial charge in [0.05, 0.1) is 10.9 Å². The van der Waals surface area contributed by atoms with Crippen LogP contribution in [-0.4, -0.2) is 27.0 Å². The summed E-state index contributed by atoms with van der Waals surface area (Å²) in [5, 5.41) is 8.41. The summed E-state index contributed by atoms with van der Waals surface area (Å²) in [6.45, 7) is 3.76. The number of nitrogens with one attached hydrogen (secondary N) is 1. The van der Waals surface area contributed by atoms with Crippen LogP contribution < -0.4 is 10.9 Å². The van der Waals surface area contributed by atoms with Gasteiger partial charge in [0.2, 0.25) is 5.91 Å². The summed E-state index contributed by atoms with van der Waals surface area (Å²) in [6.07, 6.45) is 4.47. The Morgan fingerprint density at radius 3 is 2.73 bits per heavy atom. The lowest BCUT2D eigenvalue weighted by Gasteiger charge is -2.16. The van der Waals surface area contributed by atoms with Crippen LogP contribution in [0.5, 0.6) is 0 Å². The van der Waals surface area contributed by atoms with Gasteiger partial charge in [-0.05, 0) is 50.5 Å². The Morgan fingerprint density at radius 1 is 1.31 bits per heavy atom. The maximum absolute atomic E-state index is 12.4. The van der Waals surface area contributed by atoms with Crippen LogP contribution in [0.1, 0.15) is 38.2 Å². The third kappa shape index (κ3) is 4.48. The van der Waals surface area contributed by atoms with Crippen molar-refractivity contribution in [2.45, 2.75) is 55.8 Å². The molecule has 1 aliphatic carbocycles. The number of thioether (sulfide) groups is 1. The highest BCUT2D eigenvalue weighted by atomic mass is 35.5. The van der Waals surface area contributed by atoms with Gasteiger partial charge in [-0.15, -0.1) is 0 Å². The van der Waals surface area contributed by atoms with Crippen LogP contribution in [0.2, 0.25) is 5.02 Å². The second-order valence-electron chi connectivity index (χ2n) is 6.61. The number of carbonyl (C=O) groups is 1. The largest absolute Gasteiger partial charge is 0.352 e. The minimum Gasteiger partial charge on any atom is -0.352 e. The fourth-order valence-corrected chi connectivity index (χ4v) is 3.97. The number of amides is 1. The number of nitrogens with zero attached hydrogens (tertiary/aromatic N) is 2. The number of benzene rings is 1. The van der Waals surface area contributed by atoms with Crippen molar-refractivity contribution in [3.05, 3.63) is 51.3 Å². The van der Waals surface area contributed by atoms with E-state index in [-0.39, 0.29) is 16.7 Å². The Balaban J connectivity index is 1.75. The SMILES string of the molecule is Cc1ccc(-n2nc(S[C@H](C)C(=O)NC3CCCC3)ccc2=O)cc1Cl. The van der Waals surface area contributed by atoms with Gasteiger partial charge in [0, 0.05) is 17.1 Å². The highest BCUT2D eigenvalue weighted by Crippen LogP contribution is 2.23. The van der Waals surface area contributed by atoms with Crippen molar-refractivity contribution in [3.63, 3.8) is 0 Å². The Bertz CT molecular complexity index is 862. The Kier molecular flexibility index (Phi) is 6.04. The van der Waals surface area contributed by atoms with E-state index in [4.69, 9.17) is 11.6 Å². The number of aryl methyl sites for hydroxylation is 1. The van der Waals surface area contributed by atoms with E-state index in [0.717, 1.165) is 18.4 Å².